The molecule has 0 aliphatic heterocycles. The Balaban J connectivity index is 3.00. The molecule has 122 valence electrons. The van der Waals surface area contributed by atoms with Gasteiger partial charge in [0.25, 0.3) is 6.10 Å². The summed E-state index contributed by atoms with van der Waals surface area (Å²) in [5.74, 6) is -2.66. The summed E-state index contributed by atoms with van der Waals surface area (Å²) in [4.78, 5) is 11.5. The third-order valence-corrected chi connectivity index (χ3v) is 3.68. The van der Waals surface area contributed by atoms with E-state index in [4.69, 9.17) is 4.55 Å². The number of esters is 1. The molecule has 0 saturated heterocycles. The Morgan fingerprint density at radius 1 is 1.24 bits per heavy atom. The largest absolute Gasteiger partial charge is 0.444 e. The molecule has 11 heteroatoms. The van der Waals surface area contributed by atoms with E-state index in [1.54, 1.807) is 6.08 Å². The Morgan fingerprint density at radius 3 is 2.19 bits per heavy atom. The molecule has 1 aliphatic carbocycles. The molecule has 2 atom stereocenters. The first-order valence-electron chi connectivity index (χ1n) is 5.64. The summed E-state index contributed by atoms with van der Waals surface area (Å²) in [5, 5.41) is -5.69. The van der Waals surface area contributed by atoms with Gasteiger partial charge >= 0.3 is 27.5 Å². The van der Waals surface area contributed by atoms with Crippen molar-refractivity contribution < 1.29 is 44.5 Å². The van der Waals surface area contributed by atoms with Crippen LogP contribution in [0.1, 0.15) is 19.3 Å². The van der Waals surface area contributed by atoms with Crippen molar-refractivity contribution in [2.75, 3.05) is 0 Å². The number of allylic oxidation sites excluding steroid dienone is 2. The van der Waals surface area contributed by atoms with Crippen molar-refractivity contribution in [2.45, 2.75) is 36.8 Å². The number of carbonyl (C=O) groups is 1. The van der Waals surface area contributed by atoms with Gasteiger partial charge in [0, 0.05) is 0 Å². The third kappa shape index (κ3) is 4.13. The minimum Gasteiger partial charge on any atom is -0.444 e. The zero-order chi connectivity index (χ0) is 16.5. The molecule has 0 bridgehead atoms. The van der Waals surface area contributed by atoms with Gasteiger partial charge in [0.05, 0.1) is 5.92 Å². The zero-order valence-electron chi connectivity index (χ0n) is 10.3. The first-order chi connectivity index (χ1) is 9.37. The SMILES string of the molecule is O=C(OC(C(F)(F)F)C(F)(F)S(=O)(=O)O)C1CC=CCC1. The van der Waals surface area contributed by atoms with E-state index in [1.807, 2.05) is 0 Å². The molecule has 0 spiro atoms. The number of alkyl halides is 5. The monoisotopic (exact) mass is 338 g/mol. The van der Waals surface area contributed by atoms with Crippen LogP contribution in [0.3, 0.4) is 0 Å². The van der Waals surface area contributed by atoms with Crippen molar-refractivity contribution in [1.29, 1.82) is 0 Å². The maximum Gasteiger partial charge on any atom is 0.432 e. The summed E-state index contributed by atoms with van der Waals surface area (Å²) in [5.41, 5.74) is 0. The topological polar surface area (TPSA) is 80.7 Å². The Morgan fingerprint density at radius 2 is 1.81 bits per heavy atom. The van der Waals surface area contributed by atoms with Crippen molar-refractivity contribution in [3.8, 4) is 0 Å². The lowest BCUT2D eigenvalue weighted by atomic mass is 9.95. The van der Waals surface area contributed by atoms with Crippen molar-refractivity contribution in [3.05, 3.63) is 12.2 Å². The average molecular weight is 338 g/mol. The first-order valence-corrected chi connectivity index (χ1v) is 7.08. The lowest BCUT2D eigenvalue weighted by Gasteiger charge is -2.28. The number of hydrogen-bond acceptors (Lipinski definition) is 4. The summed E-state index contributed by atoms with van der Waals surface area (Å²) >= 11 is 0. The molecule has 5 nitrogen and oxygen atoms in total. The molecule has 0 aromatic carbocycles. The van der Waals surface area contributed by atoms with E-state index in [-0.39, 0.29) is 12.8 Å². The predicted octanol–water partition coefficient (Wildman–Crippen LogP) is 2.30. The van der Waals surface area contributed by atoms with Crippen LogP contribution in [0, 0.1) is 5.92 Å². The number of hydrogen-bond donors (Lipinski definition) is 1. The molecule has 0 radical (unpaired) electrons. The van der Waals surface area contributed by atoms with E-state index in [2.05, 4.69) is 4.74 Å². The van der Waals surface area contributed by atoms with Crippen LogP contribution in [-0.2, 0) is 19.6 Å². The lowest BCUT2D eigenvalue weighted by Crippen LogP contribution is -2.52. The van der Waals surface area contributed by atoms with Gasteiger partial charge in [-0.1, -0.05) is 12.2 Å². The second kappa shape index (κ2) is 5.87. The number of carbonyl (C=O) groups excluding carboxylic acids is 1. The molecule has 21 heavy (non-hydrogen) atoms. The quantitative estimate of drug-likeness (QED) is 0.368. The molecule has 2 unspecified atom stereocenters. The van der Waals surface area contributed by atoms with Crippen molar-refractivity contribution in [3.63, 3.8) is 0 Å². The Labute approximate surface area is 116 Å². The van der Waals surface area contributed by atoms with Gasteiger partial charge in [0.2, 0.25) is 0 Å². The number of ether oxygens (including phenoxy) is 1. The van der Waals surface area contributed by atoms with Crippen LogP contribution >= 0.6 is 0 Å². The smallest absolute Gasteiger partial charge is 0.432 e. The van der Waals surface area contributed by atoms with Gasteiger partial charge in [0.15, 0.2) is 0 Å². The molecule has 1 aliphatic rings. The van der Waals surface area contributed by atoms with E-state index in [9.17, 15) is 35.2 Å². The maximum absolute atomic E-state index is 13.2. The highest BCUT2D eigenvalue weighted by Crippen LogP contribution is 2.38. The van der Waals surface area contributed by atoms with E-state index in [0.29, 0.717) is 6.42 Å². The minimum absolute atomic E-state index is 0.000850. The van der Waals surface area contributed by atoms with E-state index < -0.39 is 39.5 Å². The molecule has 0 heterocycles. The molecule has 0 aromatic heterocycles. The van der Waals surface area contributed by atoms with Gasteiger partial charge in [-0.25, -0.2) is 0 Å². The Bertz CT molecular complexity index is 524. The normalized spacial score (nSPS) is 21.9. The van der Waals surface area contributed by atoms with Gasteiger partial charge < -0.3 is 4.74 Å². The fourth-order valence-electron chi connectivity index (χ4n) is 1.68. The van der Waals surface area contributed by atoms with Gasteiger partial charge in [-0.05, 0) is 19.3 Å². The summed E-state index contributed by atoms with van der Waals surface area (Å²) in [6.45, 7) is 0. The predicted molar refractivity (Wildman–Crippen MR) is 58.9 cm³/mol. The summed E-state index contributed by atoms with van der Waals surface area (Å²) < 4.78 is 96.6. The molecule has 0 fully saturated rings. The summed E-state index contributed by atoms with van der Waals surface area (Å²) in [6, 6.07) is 0. The van der Waals surface area contributed by atoms with Crippen LogP contribution < -0.4 is 0 Å². The van der Waals surface area contributed by atoms with Gasteiger partial charge in [-0.2, -0.15) is 30.4 Å². The van der Waals surface area contributed by atoms with Crippen molar-refractivity contribution in [2.24, 2.45) is 5.92 Å². The fraction of sp³-hybridized carbons (Fsp3) is 0.700. The lowest BCUT2D eigenvalue weighted by molar-refractivity contribution is -0.260. The van der Waals surface area contributed by atoms with Gasteiger partial charge in [-0.15, -0.1) is 0 Å². The Hall–Kier alpha value is -1.23. The second-order valence-electron chi connectivity index (χ2n) is 4.38. The number of halogens is 5. The van der Waals surface area contributed by atoms with E-state index >= 15 is 0 Å². The summed E-state index contributed by atoms with van der Waals surface area (Å²) in [7, 11) is -6.41. The first kappa shape index (κ1) is 17.8. The van der Waals surface area contributed by atoms with Crippen LogP contribution in [0.5, 0.6) is 0 Å². The highest BCUT2D eigenvalue weighted by Gasteiger charge is 2.66. The van der Waals surface area contributed by atoms with E-state index in [0.717, 1.165) is 0 Å². The average Bonchev–Trinajstić information content (AvgIpc) is 2.33. The fourth-order valence-corrected chi connectivity index (χ4v) is 2.13. The zero-order valence-corrected chi connectivity index (χ0v) is 11.1. The Kier molecular flexibility index (Phi) is 4.98. The van der Waals surface area contributed by atoms with Crippen LogP contribution in [0.25, 0.3) is 0 Å². The minimum atomic E-state index is -6.41. The number of rotatable bonds is 4. The van der Waals surface area contributed by atoms with Gasteiger partial charge in [-0.3, -0.25) is 9.35 Å². The third-order valence-electron chi connectivity index (χ3n) is 2.78. The second-order valence-corrected chi connectivity index (χ2v) is 5.87. The molecule has 0 amide bonds. The molecule has 0 aromatic rings. The van der Waals surface area contributed by atoms with Crippen molar-refractivity contribution >= 4 is 16.1 Å². The van der Waals surface area contributed by atoms with Crippen molar-refractivity contribution in [1.82, 2.24) is 0 Å². The van der Waals surface area contributed by atoms with Gasteiger partial charge in [0.1, 0.15) is 0 Å². The van der Waals surface area contributed by atoms with E-state index in [1.165, 1.54) is 6.08 Å². The molecular weight excluding hydrogens is 327 g/mol. The van der Waals surface area contributed by atoms with Crippen LogP contribution in [0.15, 0.2) is 12.2 Å². The summed E-state index contributed by atoms with van der Waals surface area (Å²) in [6.07, 6.45) is -6.56. The van der Waals surface area contributed by atoms with Crippen LogP contribution in [0.2, 0.25) is 0 Å². The standard InChI is InChI=1S/C10H11F5O5S/c11-9(12,13)8(10(14,15)21(17,18)19)20-7(16)6-4-2-1-3-5-6/h1-2,6,8H,3-5H2,(H,17,18,19). The molecule has 1 N–H and O–H groups in total. The van der Waals surface area contributed by atoms with Crippen LogP contribution in [0.4, 0.5) is 22.0 Å². The molecular formula is C10H11F5O5S. The highest BCUT2D eigenvalue weighted by molar-refractivity contribution is 7.86. The van der Waals surface area contributed by atoms with Crippen LogP contribution in [-0.4, -0.2) is 36.5 Å². The maximum atomic E-state index is 13.2. The molecule has 1 rings (SSSR count). The molecule has 0 saturated carbocycles. The highest BCUT2D eigenvalue weighted by atomic mass is 32.2.